The van der Waals surface area contributed by atoms with Crippen molar-refractivity contribution in [2.45, 2.75) is 19.6 Å². The van der Waals surface area contributed by atoms with Crippen LogP contribution in [0.3, 0.4) is 0 Å². The normalized spacial score (nSPS) is 12.0. The maximum absolute atomic E-state index is 11.0. The fourth-order valence-corrected chi connectivity index (χ4v) is 2.18. The Morgan fingerprint density at radius 1 is 1.27 bits per heavy atom. The van der Waals surface area contributed by atoms with Crippen molar-refractivity contribution < 1.29 is 15.1 Å². The minimum Gasteiger partial charge on any atom is -0.392 e. The summed E-state index contributed by atoms with van der Waals surface area (Å²) >= 11 is 0. The summed E-state index contributed by atoms with van der Waals surface area (Å²) in [5.41, 5.74) is 2.54. The summed E-state index contributed by atoms with van der Waals surface area (Å²) in [5.74, 6) is 0. The summed E-state index contributed by atoms with van der Waals surface area (Å²) in [6.07, 6.45) is -0.780. The van der Waals surface area contributed by atoms with Gasteiger partial charge in [-0.25, -0.2) is 0 Å². The second-order valence-electron chi connectivity index (χ2n) is 5.08. The fourth-order valence-electron chi connectivity index (χ4n) is 2.18. The Kier molecular flexibility index (Phi) is 5.08. The number of hydrogen-bond donors (Lipinski definition) is 3. The van der Waals surface area contributed by atoms with Crippen molar-refractivity contribution in [3.05, 3.63) is 69.3 Å². The molecule has 0 bridgehead atoms. The van der Waals surface area contributed by atoms with E-state index in [1.807, 2.05) is 25.1 Å². The van der Waals surface area contributed by atoms with E-state index in [0.29, 0.717) is 5.56 Å². The van der Waals surface area contributed by atoms with Crippen molar-refractivity contribution in [2.75, 3.05) is 11.9 Å². The first-order valence-corrected chi connectivity index (χ1v) is 6.88. The molecule has 2 aromatic rings. The molecule has 0 aliphatic carbocycles. The summed E-state index contributed by atoms with van der Waals surface area (Å²) in [6, 6.07) is 11.8. The lowest BCUT2D eigenvalue weighted by Gasteiger charge is -2.14. The van der Waals surface area contributed by atoms with Crippen LogP contribution in [-0.4, -0.2) is 21.7 Å². The van der Waals surface area contributed by atoms with Crippen molar-refractivity contribution in [3.63, 3.8) is 0 Å². The molecule has 0 aromatic heterocycles. The highest BCUT2D eigenvalue weighted by molar-refractivity contribution is 5.62. The quantitative estimate of drug-likeness (QED) is 0.563. The molecular formula is C16H18N2O4. The van der Waals surface area contributed by atoms with Gasteiger partial charge in [0.2, 0.25) is 0 Å². The summed E-state index contributed by atoms with van der Waals surface area (Å²) in [5, 5.41) is 33.2. The van der Waals surface area contributed by atoms with Crippen LogP contribution in [0.5, 0.6) is 0 Å². The minimum atomic E-state index is -0.780. The Morgan fingerprint density at radius 3 is 2.68 bits per heavy atom. The number of aliphatic hydroxyl groups excluding tert-OH is 2. The third kappa shape index (κ3) is 3.81. The third-order valence-electron chi connectivity index (χ3n) is 3.35. The summed E-state index contributed by atoms with van der Waals surface area (Å²) < 4.78 is 0. The van der Waals surface area contributed by atoms with Gasteiger partial charge in [-0.05, 0) is 30.2 Å². The van der Waals surface area contributed by atoms with Crippen LogP contribution in [0.15, 0.2) is 42.5 Å². The molecule has 2 rings (SSSR count). The highest BCUT2D eigenvalue weighted by Crippen LogP contribution is 2.26. The lowest BCUT2D eigenvalue weighted by molar-refractivity contribution is -0.384. The number of hydrogen-bond acceptors (Lipinski definition) is 5. The molecule has 0 saturated carbocycles. The molecule has 6 nitrogen and oxygen atoms in total. The van der Waals surface area contributed by atoms with Crippen molar-refractivity contribution in [1.82, 2.24) is 0 Å². The van der Waals surface area contributed by atoms with E-state index in [9.17, 15) is 15.2 Å². The molecule has 0 saturated heterocycles. The van der Waals surface area contributed by atoms with Crippen LogP contribution < -0.4 is 5.32 Å². The minimum absolute atomic E-state index is 0.0892. The van der Waals surface area contributed by atoms with E-state index in [1.165, 1.54) is 18.2 Å². The van der Waals surface area contributed by atoms with Gasteiger partial charge in [0, 0.05) is 12.6 Å². The first-order chi connectivity index (χ1) is 10.5. The molecule has 116 valence electrons. The zero-order valence-corrected chi connectivity index (χ0v) is 12.2. The third-order valence-corrected chi connectivity index (χ3v) is 3.35. The van der Waals surface area contributed by atoms with E-state index >= 15 is 0 Å². The largest absolute Gasteiger partial charge is 0.392 e. The molecular weight excluding hydrogens is 284 g/mol. The van der Waals surface area contributed by atoms with Crippen LogP contribution in [0, 0.1) is 17.0 Å². The van der Waals surface area contributed by atoms with Crippen molar-refractivity contribution >= 4 is 11.4 Å². The van der Waals surface area contributed by atoms with Crippen LogP contribution in [0.4, 0.5) is 11.4 Å². The molecule has 22 heavy (non-hydrogen) atoms. The first kappa shape index (κ1) is 15.9. The molecule has 0 spiro atoms. The number of aryl methyl sites for hydroxylation is 1. The van der Waals surface area contributed by atoms with Crippen molar-refractivity contribution in [1.29, 1.82) is 0 Å². The standard InChI is InChI=1S/C16H18N2O4/c1-11-3-2-4-13(7-11)16(20)9-17-14-8-12(10-19)5-6-15(14)18(21)22/h2-8,16-17,19-20H,9-10H2,1H3. The van der Waals surface area contributed by atoms with Gasteiger partial charge in [0.25, 0.3) is 5.69 Å². The average molecular weight is 302 g/mol. The maximum atomic E-state index is 11.0. The molecule has 0 aliphatic heterocycles. The van der Waals surface area contributed by atoms with E-state index in [4.69, 9.17) is 5.11 Å². The van der Waals surface area contributed by atoms with E-state index in [0.717, 1.165) is 11.1 Å². The Hall–Kier alpha value is -2.44. The SMILES string of the molecule is Cc1cccc(C(O)CNc2cc(CO)ccc2[N+](=O)[O-])c1. The molecule has 6 heteroatoms. The monoisotopic (exact) mass is 302 g/mol. The van der Waals surface area contributed by atoms with E-state index in [1.54, 1.807) is 6.07 Å². The second-order valence-corrected chi connectivity index (χ2v) is 5.08. The number of benzene rings is 2. The Labute approximate surface area is 128 Å². The highest BCUT2D eigenvalue weighted by atomic mass is 16.6. The van der Waals surface area contributed by atoms with Crippen LogP contribution in [0.25, 0.3) is 0 Å². The Morgan fingerprint density at radius 2 is 2.05 bits per heavy atom. The molecule has 0 fully saturated rings. The molecule has 3 N–H and O–H groups in total. The summed E-state index contributed by atoms with van der Waals surface area (Å²) in [6.45, 7) is 1.87. The highest BCUT2D eigenvalue weighted by Gasteiger charge is 2.15. The second kappa shape index (κ2) is 7.02. The number of rotatable bonds is 6. The van der Waals surface area contributed by atoms with Gasteiger partial charge in [0.1, 0.15) is 5.69 Å². The predicted molar refractivity (Wildman–Crippen MR) is 83.6 cm³/mol. The number of aliphatic hydroxyl groups is 2. The molecule has 0 radical (unpaired) electrons. The topological polar surface area (TPSA) is 95.6 Å². The number of nitro benzene ring substituents is 1. The van der Waals surface area contributed by atoms with E-state index in [-0.39, 0.29) is 24.5 Å². The number of nitrogens with one attached hydrogen (secondary N) is 1. The van der Waals surface area contributed by atoms with Gasteiger partial charge in [-0.15, -0.1) is 0 Å². The zero-order valence-electron chi connectivity index (χ0n) is 12.2. The first-order valence-electron chi connectivity index (χ1n) is 6.88. The van der Waals surface area contributed by atoms with Gasteiger partial charge in [-0.1, -0.05) is 29.8 Å². The van der Waals surface area contributed by atoms with E-state index in [2.05, 4.69) is 5.32 Å². The van der Waals surface area contributed by atoms with Gasteiger partial charge in [0.15, 0.2) is 0 Å². The molecule has 1 atom stereocenters. The maximum Gasteiger partial charge on any atom is 0.292 e. The number of anilines is 1. The molecule has 0 amide bonds. The average Bonchev–Trinajstić information content (AvgIpc) is 2.52. The van der Waals surface area contributed by atoms with Crippen LogP contribution in [0.2, 0.25) is 0 Å². The fraction of sp³-hybridized carbons (Fsp3) is 0.250. The van der Waals surface area contributed by atoms with Crippen LogP contribution in [-0.2, 0) is 6.61 Å². The lowest BCUT2D eigenvalue weighted by atomic mass is 10.1. The predicted octanol–water partition coefficient (Wildman–Crippen LogP) is 2.54. The van der Waals surface area contributed by atoms with Crippen molar-refractivity contribution in [2.24, 2.45) is 0 Å². The van der Waals surface area contributed by atoms with E-state index < -0.39 is 11.0 Å². The van der Waals surface area contributed by atoms with Crippen molar-refractivity contribution in [3.8, 4) is 0 Å². The Balaban J connectivity index is 2.15. The molecule has 0 heterocycles. The molecule has 1 unspecified atom stereocenters. The van der Waals surface area contributed by atoms with Gasteiger partial charge in [-0.3, -0.25) is 10.1 Å². The van der Waals surface area contributed by atoms with Crippen LogP contribution in [0.1, 0.15) is 22.8 Å². The Bertz CT molecular complexity index is 673. The zero-order chi connectivity index (χ0) is 16.1. The summed E-state index contributed by atoms with van der Waals surface area (Å²) in [4.78, 5) is 10.5. The van der Waals surface area contributed by atoms with Gasteiger partial charge < -0.3 is 15.5 Å². The summed E-state index contributed by atoms with van der Waals surface area (Å²) in [7, 11) is 0. The smallest absolute Gasteiger partial charge is 0.292 e. The lowest BCUT2D eigenvalue weighted by Crippen LogP contribution is -2.13. The van der Waals surface area contributed by atoms with Crippen LogP contribution >= 0.6 is 0 Å². The molecule has 0 aliphatic rings. The number of nitro groups is 1. The van der Waals surface area contributed by atoms with Gasteiger partial charge in [0.05, 0.1) is 17.6 Å². The van der Waals surface area contributed by atoms with Gasteiger partial charge in [-0.2, -0.15) is 0 Å². The number of nitrogens with zero attached hydrogens (tertiary/aromatic N) is 1. The van der Waals surface area contributed by atoms with Gasteiger partial charge >= 0.3 is 0 Å². The molecule has 2 aromatic carbocycles.